The summed E-state index contributed by atoms with van der Waals surface area (Å²) in [6, 6.07) is 0. The summed E-state index contributed by atoms with van der Waals surface area (Å²) in [4.78, 5) is 10.1. The quantitative estimate of drug-likeness (QED) is 0.665. The van der Waals surface area contributed by atoms with Crippen molar-refractivity contribution >= 4 is 5.97 Å². The molecule has 0 fully saturated rings. The number of hydrogen-bond donors (Lipinski definition) is 1. The topological polar surface area (TPSA) is 46.5 Å². The Morgan fingerprint density at radius 3 is 2.42 bits per heavy atom. The molecular formula is C6H9F3O3. The molecule has 0 aromatic heterocycles. The Morgan fingerprint density at radius 1 is 1.58 bits per heavy atom. The van der Waals surface area contributed by atoms with Gasteiger partial charge >= 0.3 is 12.1 Å². The molecule has 6 heteroatoms. The number of esters is 1. The number of carbonyl (C=O) groups excluding carboxylic acids is 1. The van der Waals surface area contributed by atoms with Crippen LogP contribution in [0.1, 0.15) is 13.3 Å². The lowest BCUT2D eigenvalue weighted by atomic mass is 10.2. The fraction of sp³-hybridized carbons (Fsp3) is 0.833. The molecule has 1 N–H and O–H groups in total. The summed E-state index contributed by atoms with van der Waals surface area (Å²) in [6.07, 6.45) is -7.68. The van der Waals surface area contributed by atoms with E-state index in [0.29, 0.717) is 0 Å². The highest BCUT2D eigenvalue weighted by Crippen LogP contribution is 2.21. The minimum absolute atomic E-state index is 0.421. The van der Waals surface area contributed by atoms with Crippen molar-refractivity contribution in [3.8, 4) is 0 Å². The number of ether oxygens (including phenoxy) is 1. The van der Waals surface area contributed by atoms with E-state index in [-0.39, 0.29) is 0 Å². The summed E-state index contributed by atoms with van der Waals surface area (Å²) < 4.78 is 39.0. The number of hydrogen-bond acceptors (Lipinski definition) is 3. The van der Waals surface area contributed by atoms with Crippen molar-refractivity contribution in [1.29, 1.82) is 0 Å². The van der Waals surface area contributed by atoms with E-state index in [9.17, 15) is 18.0 Å². The molecule has 0 rings (SSSR count). The Balaban J connectivity index is 3.58. The van der Waals surface area contributed by atoms with Crippen molar-refractivity contribution in [3.63, 3.8) is 0 Å². The zero-order valence-electron chi connectivity index (χ0n) is 6.39. The normalized spacial score (nSPS) is 14.1. The summed E-state index contributed by atoms with van der Waals surface area (Å²) in [5.74, 6) is -0.663. The fourth-order valence-electron chi connectivity index (χ4n) is 0.478. The fourth-order valence-corrected chi connectivity index (χ4v) is 0.478. The molecule has 0 bridgehead atoms. The maximum absolute atomic E-state index is 11.6. The molecule has 0 aliphatic carbocycles. The van der Waals surface area contributed by atoms with Crippen LogP contribution in [0, 0.1) is 0 Å². The van der Waals surface area contributed by atoms with Crippen LogP contribution in [0.3, 0.4) is 0 Å². The minimum Gasteiger partial charge on any atom is -0.466 e. The molecule has 0 saturated carbocycles. The Morgan fingerprint density at radius 2 is 2.08 bits per heavy atom. The number of carbonyl (C=O) groups is 1. The molecule has 12 heavy (non-hydrogen) atoms. The summed E-state index contributed by atoms with van der Waals surface area (Å²) in [7, 11) is 0. The first-order valence-electron chi connectivity index (χ1n) is 3.22. The average molecular weight is 186 g/mol. The lowest BCUT2D eigenvalue weighted by Crippen LogP contribution is -2.29. The van der Waals surface area contributed by atoms with E-state index in [0.717, 1.165) is 6.92 Å². The molecule has 0 radical (unpaired) electrons. The predicted octanol–water partition coefficient (Wildman–Crippen LogP) is 0.863. The standard InChI is InChI=1S/C6H9F3O3/c1-4(10)12-3-2-5(11)6(7,8)9/h5,11H,2-3H2,1H3. The van der Waals surface area contributed by atoms with Gasteiger partial charge in [-0.05, 0) is 0 Å². The first kappa shape index (κ1) is 11.2. The van der Waals surface area contributed by atoms with Gasteiger partial charge in [-0.15, -0.1) is 0 Å². The average Bonchev–Trinajstić information content (AvgIpc) is 1.84. The molecule has 0 aromatic rings. The van der Waals surface area contributed by atoms with Gasteiger partial charge in [0.1, 0.15) is 0 Å². The lowest BCUT2D eigenvalue weighted by Gasteiger charge is -2.13. The third-order valence-electron chi connectivity index (χ3n) is 1.07. The van der Waals surface area contributed by atoms with Crippen LogP contribution in [0.15, 0.2) is 0 Å². The van der Waals surface area contributed by atoms with E-state index >= 15 is 0 Å². The first-order valence-corrected chi connectivity index (χ1v) is 3.22. The number of aliphatic hydroxyl groups excluding tert-OH is 1. The summed E-state index contributed by atoms with van der Waals surface area (Å²) in [5.41, 5.74) is 0. The monoisotopic (exact) mass is 186 g/mol. The first-order chi connectivity index (χ1) is 5.34. The Kier molecular flexibility index (Phi) is 4.02. The largest absolute Gasteiger partial charge is 0.466 e. The Labute approximate surface area is 67.1 Å². The Bertz CT molecular complexity index is 155. The van der Waals surface area contributed by atoms with E-state index in [1.54, 1.807) is 0 Å². The van der Waals surface area contributed by atoms with Gasteiger partial charge in [0.05, 0.1) is 6.61 Å². The van der Waals surface area contributed by atoms with Gasteiger partial charge in [-0.3, -0.25) is 4.79 Å². The molecule has 0 aromatic carbocycles. The van der Waals surface area contributed by atoms with Gasteiger partial charge in [0.25, 0.3) is 0 Å². The summed E-state index contributed by atoms with van der Waals surface area (Å²) in [5, 5.41) is 8.38. The van der Waals surface area contributed by atoms with Gasteiger partial charge in [-0.1, -0.05) is 0 Å². The second-order valence-corrected chi connectivity index (χ2v) is 2.19. The maximum Gasteiger partial charge on any atom is 0.414 e. The molecule has 3 nitrogen and oxygen atoms in total. The highest BCUT2D eigenvalue weighted by atomic mass is 19.4. The van der Waals surface area contributed by atoms with Crippen molar-refractivity contribution in [1.82, 2.24) is 0 Å². The number of alkyl halides is 3. The number of rotatable bonds is 3. The van der Waals surface area contributed by atoms with E-state index < -0.39 is 31.3 Å². The van der Waals surface area contributed by atoms with Gasteiger partial charge in [0.15, 0.2) is 6.10 Å². The van der Waals surface area contributed by atoms with Crippen molar-refractivity contribution in [2.24, 2.45) is 0 Å². The third-order valence-corrected chi connectivity index (χ3v) is 1.07. The second-order valence-electron chi connectivity index (χ2n) is 2.19. The van der Waals surface area contributed by atoms with Gasteiger partial charge in [0.2, 0.25) is 0 Å². The van der Waals surface area contributed by atoms with Crippen molar-refractivity contribution in [3.05, 3.63) is 0 Å². The number of aliphatic hydroxyl groups is 1. The maximum atomic E-state index is 11.6. The number of halogens is 3. The molecule has 0 aliphatic heterocycles. The highest BCUT2D eigenvalue weighted by Gasteiger charge is 2.37. The summed E-state index contributed by atoms with van der Waals surface area (Å²) >= 11 is 0. The van der Waals surface area contributed by atoms with E-state index in [1.807, 2.05) is 0 Å². The molecule has 1 atom stereocenters. The van der Waals surface area contributed by atoms with Gasteiger partial charge in [0, 0.05) is 13.3 Å². The summed E-state index contributed by atoms with van der Waals surface area (Å²) in [6.45, 7) is 0.663. The Hall–Kier alpha value is -0.780. The van der Waals surface area contributed by atoms with Crippen LogP contribution in [0.5, 0.6) is 0 Å². The molecule has 1 unspecified atom stereocenters. The van der Waals surface area contributed by atoms with Crippen LogP contribution in [0.25, 0.3) is 0 Å². The lowest BCUT2D eigenvalue weighted by molar-refractivity contribution is -0.208. The van der Waals surface area contributed by atoms with Crippen LogP contribution in [-0.2, 0) is 9.53 Å². The molecule has 0 saturated heterocycles. The second kappa shape index (κ2) is 4.30. The minimum atomic E-state index is -4.64. The highest BCUT2D eigenvalue weighted by molar-refractivity contribution is 5.65. The van der Waals surface area contributed by atoms with Gasteiger partial charge in [-0.25, -0.2) is 0 Å². The molecule has 0 aliphatic rings. The van der Waals surface area contributed by atoms with Crippen molar-refractivity contribution < 1.29 is 27.8 Å². The van der Waals surface area contributed by atoms with Crippen molar-refractivity contribution in [2.45, 2.75) is 25.6 Å². The molecule has 72 valence electrons. The zero-order chi connectivity index (χ0) is 9.78. The smallest absolute Gasteiger partial charge is 0.414 e. The SMILES string of the molecule is CC(=O)OCCC(O)C(F)(F)F. The predicted molar refractivity (Wildman–Crippen MR) is 33.3 cm³/mol. The molecular weight excluding hydrogens is 177 g/mol. The van der Waals surface area contributed by atoms with Crippen LogP contribution in [-0.4, -0.2) is 30.0 Å². The van der Waals surface area contributed by atoms with E-state index in [1.165, 1.54) is 0 Å². The van der Waals surface area contributed by atoms with E-state index in [4.69, 9.17) is 5.11 Å². The van der Waals surface area contributed by atoms with Crippen LogP contribution in [0.2, 0.25) is 0 Å². The van der Waals surface area contributed by atoms with Crippen LogP contribution < -0.4 is 0 Å². The van der Waals surface area contributed by atoms with Gasteiger partial charge in [-0.2, -0.15) is 13.2 Å². The van der Waals surface area contributed by atoms with Crippen LogP contribution >= 0.6 is 0 Å². The zero-order valence-corrected chi connectivity index (χ0v) is 6.39. The van der Waals surface area contributed by atoms with E-state index in [2.05, 4.69) is 4.74 Å². The molecule has 0 heterocycles. The molecule has 0 amide bonds. The van der Waals surface area contributed by atoms with Crippen molar-refractivity contribution in [2.75, 3.05) is 6.61 Å². The third kappa shape index (κ3) is 4.95. The van der Waals surface area contributed by atoms with Crippen LogP contribution in [0.4, 0.5) is 13.2 Å². The van der Waals surface area contributed by atoms with Gasteiger partial charge < -0.3 is 9.84 Å². The molecule has 0 spiro atoms.